The van der Waals surface area contributed by atoms with Crippen molar-refractivity contribution in [1.82, 2.24) is 0 Å². The number of aryl methyl sites for hydroxylation is 1. The van der Waals surface area contributed by atoms with E-state index in [0.29, 0.717) is 18.1 Å². The fraction of sp³-hybridized carbons (Fsp3) is 0.462. The van der Waals surface area contributed by atoms with E-state index in [9.17, 15) is 4.79 Å². The van der Waals surface area contributed by atoms with Gasteiger partial charge in [-0.1, -0.05) is 6.07 Å². The Morgan fingerprint density at radius 1 is 1.29 bits per heavy atom. The average molecular weight is 238 g/mol. The van der Waals surface area contributed by atoms with Crippen molar-refractivity contribution in [2.45, 2.75) is 20.3 Å². The van der Waals surface area contributed by atoms with Gasteiger partial charge in [-0.05, 0) is 31.5 Å². The molecule has 0 atom stereocenters. The first-order valence-corrected chi connectivity index (χ1v) is 5.60. The largest absolute Gasteiger partial charge is 0.493 e. The Balaban J connectivity index is 2.49. The van der Waals surface area contributed by atoms with E-state index in [1.54, 1.807) is 14.0 Å². The van der Waals surface area contributed by atoms with E-state index in [-0.39, 0.29) is 19.0 Å². The molecule has 0 spiro atoms. The average Bonchev–Trinajstić information content (AvgIpc) is 2.31. The van der Waals surface area contributed by atoms with Crippen LogP contribution in [0.15, 0.2) is 18.2 Å². The van der Waals surface area contributed by atoms with Crippen LogP contribution in [-0.4, -0.2) is 26.3 Å². The van der Waals surface area contributed by atoms with Gasteiger partial charge in [0.25, 0.3) is 0 Å². The molecule has 0 aromatic heterocycles. The third kappa shape index (κ3) is 4.34. The third-order valence-corrected chi connectivity index (χ3v) is 2.19. The van der Waals surface area contributed by atoms with Crippen LogP contribution in [0.5, 0.6) is 11.5 Å². The second kappa shape index (κ2) is 6.78. The zero-order valence-corrected chi connectivity index (χ0v) is 10.5. The minimum atomic E-state index is -0.251. The van der Waals surface area contributed by atoms with Gasteiger partial charge in [-0.2, -0.15) is 0 Å². The quantitative estimate of drug-likeness (QED) is 0.713. The maximum Gasteiger partial charge on any atom is 0.309 e. The molecule has 0 aliphatic heterocycles. The van der Waals surface area contributed by atoms with E-state index in [1.807, 2.05) is 25.1 Å². The summed E-state index contributed by atoms with van der Waals surface area (Å²) in [5.41, 5.74) is 1.10. The molecule has 0 unspecified atom stereocenters. The van der Waals surface area contributed by atoms with Crippen LogP contribution >= 0.6 is 0 Å². The van der Waals surface area contributed by atoms with E-state index < -0.39 is 0 Å². The maximum absolute atomic E-state index is 11.1. The maximum atomic E-state index is 11.1. The van der Waals surface area contributed by atoms with Crippen molar-refractivity contribution in [2.75, 3.05) is 20.3 Å². The van der Waals surface area contributed by atoms with Gasteiger partial charge in [0.05, 0.1) is 26.7 Å². The highest BCUT2D eigenvalue weighted by Crippen LogP contribution is 2.27. The van der Waals surface area contributed by atoms with Crippen molar-refractivity contribution in [3.8, 4) is 11.5 Å². The predicted octanol–water partition coefficient (Wildman–Crippen LogP) is 2.34. The van der Waals surface area contributed by atoms with Gasteiger partial charge >= 0.3 is 5.97 Å². The van der Waals surface area contributed by atoms with Gasteiger partial charge in [0, 0.05) is 0 Å². The monoisotopic (exact) mass is 238 g/mol. The van der Waals surface area contributed by atoms with Crippen molar-refractivity contribution in [1.29, 1.82) is 0 Å². The summed E-state index contributed by atoms with van der Waals surface area (Å²) in [6.45, 7) is 4.44. The molecule has 0 radical (unpaired) electrons. The van der Waals surface area contributed by atoms with Crippen molar-refractivity contribution in [3.05, 3.63) is 23.8 Å². The lowest BCUT2D eigenvalue weighted by molar-refractivity contribution is -0.143. The molecule has 4 nitrogen and oxygen atoms in total. The van der Waals surface area contributed by atoms with Crippen LogP contribution in [-0.2, 0) is 9.53 Å². The predicted molar refractivity (Wildman–Crippen MR) is 64.5 cm³/mol. The van der Waals surface area contributed by atoms with Crippen LogP contribution in [0.1, 0.15) is 18.9 Å². The molecule has 4 heteroatoms. The molecule has 0 fully saturated rings. The van der Waals surface area contributed by atoms with E-state index in [1.165, 1.54) is 0 Å². The van der Waals surface area contributed by atoms with Crippen LogP contribution in [0.4, 0.5) is 0 Å². The topological polar surface area (TPSA) is 44.8 Å². The Bertz CT molecular complexity index is 374. The summed E-state index contributed by atoms with van der Waals surface area (Å²) in [6, 6.07) is 5.65. The molecule has 17 heavy (non-hydrogen) atoms. The molecule has 0 heterocycles. The first-order valence-electron chi connectivity index (χ1n) is 5.60. The fourth-order valence-electron chi connectivity index (χ4n) is 1.37. The molecule has 0 saturated carbocycles. The van der Waals surface area contributed by atoms with Gasteiger partial charge in [0.1, 0.15) is 0 Å². The fourth-order valence-corrected chi connectivity index (χ4v) is 1.37. The zero-order valence-electron chi connectivity index (χ0n) is 10.5. The normalized spacial score (nSPS) is 9.82. The third-order valence-electron chi connectivity index (χ3n) is 2.19. The lowest BCUT2D eigenvalue weighted by atomic mass is 10.2. The number of methoxy groups -OCH3 is 1. The number of hydrogen-bond donors (Lipinski definition) is 0. The van der Waals surface area contributed by atoms with Crippen molar-refractivity contribution in [3.63, 3.8) is 0 Å². The molecular weight excluding hydrogens is 220 g/mol. The van der Waals surface area contributed by atoms with Gasteiger partial charge < -0.3 is 14.2 Å². The standard InChI is InChI=1S/C13H18O4/c1-4-16-13(14)7-8-17-11-6-5-10(2)9-12(11)15-3/h5-6,9H,4,7-8H2,1-3H3. The highest BCUT2D eigenvalue weighted by molar-refractivity contribution is 5.69. The smallest absolute Gasteiger partial charge is 0.309 e. The number of benzene rings is 1. The van der Waals surface area contributed by atoms with Crippen LogP contribution in [0.3, 0.4) is 0 Å². The van der Waals surface area contributed by atoms with Crippen molar-refractivity contribution >= 4 is 5.97 Å². The molecule has 0 saturated heterocycles. The summed E-state index contributed by atoms with van der Waals surface area (Å²) >= 11 is 0. The minimum absolute atomic E-state index is 0.241. The molecule has 0 bridgehead atoms. The van der Waals surface area contributed by atoms with Gasteiger partial charge in [-0.25, -0.2) is 0 Å². The van der Waals surface area contributed by atoms with Crippen molar-refractivity contribution in [2.24, 2.45) is 0 Å². The van der Waals surface area contributed by atoms with Gasteiger partial charge in [0.2, 0.25) is 0 Å². The number of esters is 1. The molecule has 1 rings (SSSR count). The SMILES string of the molecule is CCOC(=O)CCOc1ccc(C)cc1OC. The van der Waals surface area contributed by atoms with Gasteiger partial charge in [-0.15, -0.1) is 0 Å². The Hall–Kier alpha value is -1.71. The van der Waals surface area contributed by atoms with Crippen LogP contribution in [0, 0.1) is 6.92 Å². The number of rotatable bonds is 6. The lowest BCUT2D eigenvalue weighted by Gasteiger charge is -2.10. The number of carbonyl (C=O) groups is 1. The van der Waals surface area contributed by atoms with Gasteiger partial charge in [-0.3, -0.25) is 4.79 Å². The Morgan fingerprint density at radius 3 is 2.71 bits per heavy atom. The molecular formula is C13H18O4. The molecule has 0 amide bonds. The summed E-state index contributed by atoms with van der Waals surface area (Å²) in [7, 11) is 1.59. The first-order chi connectivity index (χ1) is 8.17. The van der Waals surface area contributed by atoms with Crippen LogP contribution in [0.2, 0.25) is 0 Å². The van der Waals surface area contributed by atoms with Gasteiger partial charge in [0.15, 0.2) is 11.5 Å². The number of hydrogen-bond acceptors (Lipinski definition) is 4. The summed E-state index contributed by atoms with van der Waals surface area (Å²) in [5, 5.41) is 0. The lowest BCUT2D eigenvalue weighted by Crippen LogP contribution is -2.09. The molecule has 0 aliphatic rings. The molecule has 0 aliphatic carbocycles. The Kier molecular flexibility index (Phi) is 5.33. The Morgan fingerprint density at radius 2 is 2.06 bits per heavy atom. The van der Waals surface area contributed by atoms with E-state index in [0.717, 1.165) is 5.56 Å². The number of carbonyl (C=O) groups excluding carboxylic acids is 1. The first kappa shape index (κ1) is 13.4. The second-order valence-corrected chi connectivity index (χ2v) is 3.56. The molecule has 1 aromatic rings. The van der Waals surface area contributed by atoms with Crippen LogP contribution < -0.4 is 9.47 Å². The molecule has 1 aromatic carbocycles. The summed E-state index contributed by atoms with van der Waals surface area (Å²) in [5.74, 6) is 1.06. The summed E-state index contributed by atoms with van der Waals surface area (Å²) in [6.07, 6.45) is 0.241. The van der Waals surface area contributed by atoms with Crippen molar-refractivity contribution < 1.29 is 19.0 Å². The van der Waals surface area contributed by atoms with E-state index >= 15 is 0 Å². The summed E-state index contributed by atoms with van der Waals surface area (Å²) < 4.78 is 15.5. The van der Waals surface area contributed by atoms with E-state index in [4.69, 9.17) is 14.2 Å². The minimum Gasteiger partial charge on any atom is -0.493 e. The highest BCUT2D eigenvalue weighted by Gasteiger charge is 2.06. The molecule has 0 N–H and O–H groups in total. The number of ether oxygens (including phenoxy) is 3. The molecule has 94 valence electrons. The second-order valence-electron chi connectivity index (χ2n) is 3.56. The van der Waals surface area contributed by atoms with E-state index in [2.05, 4.69) is 0 Å². The zero-order chi connectivity index (χ0) is 12.7. The summed E-state index contributed by atoms with van der Waals surface area (Å²) in [4.78, 5) is 11.1. The highest BCUT2D eigenvalue weighted by atomic mass is 16.5. The van der Waals surface area contributed by atoms with Crippen LogP contribution in [0.25, 0.3) is 0 Å². The Labute approximate surface area is 101 Å².